The molecule has 1 aliphatic heterocycles. The van der Waals surface area contributed by atoms with E-state index in [0.717, 1.165) is 23.5 Å². The molecule has 1 aliphatic rings. The molecular formula is C14H24BrN3O. The average Bonchev–Trinajstić information content (AvgIpc) is 2.81. The smallest absolute Gasteiger partial charge is 0.143 e. The van der Waals surface area contributed by atoms with Gasteiger partial charge in [0.25, 0.3) is 0 Å². The molecule has 0 N–H and O–H groups in total. The van der Waals surface area contributed by atoms with Gasteiger partial charge in [0.1, 0.15) is 11.6 Å². The van der Waals surface area contributed by atoms with E-state index in [9.17, 15) is 0 Å². The van der Waals surface area contributed by atoms with Gasteiger partial charge in [-0.25, -0.2) is 0 Å². The number of halogens is 1. The zero-order valence-electron chi connectivity index (χ0n) is 12.4. The highest BCUT2D eigenvalue weighted by molar-refractivity contribution is 9.08. The molecule has 0 radical (unpaired) electrons. The second-order valence-corrected chi connectivity index (χ2v) is 6.60. The summed E-state index contributed by atoms with van der Waals surface area (Å²) >= 11 is 3.51. The third kappa shape index (κ3) is 2.87. The molecule has 4 atom stereocenters. The lowest BCUT2D eigenvalue weighted by Crippen LogP contribution is -2.22. The van der Waals surface area contributed by atoms with E-state index in [0.29, 0.717) is 17.8 Å². The summed E-state index contributed by atoms with van der Waals surface area (Å²) in [6.45, 7) is 12.0. The number of hydrogen-bond acceptors (Lipinski definition) is 3. The van der Waals surface area contributed by atoms with E-state index in [1.165, 1.54) is 0 Å². The SMILES string of the molecule is CC(C)Cn1c(CBr)nnc1C1C(C)OC(C)C1C. The molecule has 0 aliphatic carbocycles. The molecule has 4 nitrogen and oxygen atoms in total. The zero-order chi connectivity index (χ0) is 14.2. The molecule has 5 heteroatoms. The number of nitrogens with zero attached hydrogens (tertiary/aromatic N) is 3. The maximum Gasteiger partial charge on any atom is 0.143 e. The monoisotopic (exact) mass is 329 g/mol. The zero-order valence-corrected chi connectivity index (χ0v) is 14.0. The molecule has 2 rings (SSSR count). The van der Waals surface area contributed by atoms with E-state index in [-0.39, 0.29) is 12.2 Å². The highest BCUT2D eigenvalue weighted by Crippen LogP contribution is 2.39. The van der Waals surface area contributed by atoms with Gasteiger partial charge in [-0.2, -0.15) is 0 Å². The Morgan fingerprint density at radius 3 is 2.37 bits per heavy atom. The van der Waals surface area contributed by atoms with Crippen molar-refractivity contribution in [2.24, 2.45) is 11.8 Å². The van der Waals surface area contributed by atoms with Gasteiger partial charge in [0.2, 0.25) is 0 Å². The first-order valence-corrected chi connectivity index (χ1v) is 8.21. The first kappa shape index (κ1) is 15.0. The van der Waals surface area contributed by atoms with Crippen molar-refractivity contribution < 1.29 is 4.74 Å². The van der Waals surface area contributed by atoms with Gasteiger partial charge in [-0.1, -0.05) is 36.7 Å². The third-order valence-electron chi connectivity index (χ3n) is 4.06. The van der Waals surface area contributed by atoms with Crippen LogP contribution < -0.4 is 0 Å². The highest BCUT2D eigenvalue weighted by atomic mass is 79.9. The van der Waals surface area contributed by atoms with E-state index in [2.05, 4.69) is 65.3 Å². The van der Waals surface area contributed by atoms with Gasteiger partial charge in [0.15, 0.2) is 0 Å². The van der Waals surface area contributed by atoms with Crippen molar-refractivity contribution in [2.75, 3.05) is 0 Å². The van der Waals surface area contributed by atoms with Crippen LogP contribution in [0.15, 0.2) is 0 Å². The Labute approximate surface area is 124 Å². The molecule has 108 valence electrons. The lowest BCUT2D eigenvalue weighted by Gasteiger charge is -2.20. The summed E-state index contributed by atoms with van der Waals surface area (Å²) in [6, 6.07) is 0. The van der Waals surface area contributed by atoms with Crippen LogP contribution in [0.1, 0.15) is 52.2 Å². The maximum atomic E-state index is 5.95. The van der Waals surface area contributed by atoms with E-state index < -0.39 is 0 Å². The first-order chi connectivity index (χ1) is 8.95. The molecule has 19 heavy (non-hydrogen) atoms. The Kier molecular flexibility index (Phi) is 4.66. The van der Waals surface area contributed by atoms with Crippen LogP contribution in [0.2, 0.25) is 0 Å². The summed E-state index contributed by atoms with van der Waals surface area (Å²) in [6.07, 6.45) is 0.500. The van der Waals surface area contributed by atoms with Crippen LogP contribution in [-0.4, -0.2) is 27.0 Å². The second kappa shape index (κ2) is 5.92. The standard InChI is InChI=1S/C14H24BrN3O/c1-8(2)7-18-12(6-15)16-17-14(18)13-9(3)10(4)19-11(13)5/h8-11,13H,6-7H2,1-5H3. The minimum atomic E-state index is 0.211. The molecular weight excluding hydrogens is 306 g/mol. The number of alkyl halides is 1. The van der Waals surface area contributed by atoms with E-state index in [4.69, 9.17) is 4.74 Å². The van der Waals surface area contributed by atoms with E-state index >= 15 is 0 Å². The van der Waals surface area contributed by atoms with Crippen LogP contribution in [0.3, 0.4) is 0 Å². The van der Waals surface area contributed by atoms with Crippen molar-refractivity contribution in [3.05, 3.63) is 11.6 Å². The highest BCUT2D eigenvalue weighted by Gasteiger charge is 2.41. The molecule has 0 bridgehead atoms. The first-order valence-electron chi connectivity index (χ1n) is 7.09. The molecule has 1 fully saturated rings. The fourth-order valence-electron chi connectivity index (χ4n) is 2.97. The predicted molar refractivity (Wildman–Crippen MR) is 79.4 cm³/mol. The summed E-state index contributed by atoms with van der Waals surface area (Å²) in [4.78, 5) is 0. The topological polar surface area (TPSA) is 39.9 Å². The molecule has 1 aromatic rings. The summed E-state index contributed by atoms with van der Waals surface area (Å²) in [5, 5.41) is 9.55. The van der Waals surface area contributed by atoms with Crippen molar-refractivity contribution in [3.63, 3.8) is 0 Å². The van der Waals surface area contributed by atoms with Crippen molar-refractivity contribution >= 4 is 15.9 Å². The van der Waals surface area contributed by atoms with Crippen LogP contribution in [0.25, 0.3) is 0 Å². The number of ether oxygens (including phenoxy) is 1. The van der Waals surface area contributed by atoms with Gasteiger partial charge in [-0.15, -0.1) is 10.2 Å². The van der Waals surface area contributed by atoms with Gasteiger partial charge in [-0.05, 0) is 25.7 Å². The van der Waals surface area contributed by atoms with Gasteiger partial charge >= 0.3 is 0 Å². The third-order valence-corrected chi connectivity index (χ3v) is 4.56. The van der Waals surface area contributed by atoms with Crippen molar-refractivity contribution in [1.82, 2.24) is 14.8 Å². The van der Waals surface area contributed by atoms with Crippen molar-refractivity contribution in [1.29, 1.82) is 0 Å². The lowest BCUT2D eigenvalue weighted by molar-refractivity contribution is 0.0551. The molecule has 2 heterocycles. The summed E-state index contributed by atoms with van der Waals surface area (Å²) < 4.78 is 8.23. The predicted octanol–water partition coefficient (Wildman–Crippen LogP) is 3.36. The molecule has 1 saturated heterocycles. The minimum Gasteiger partial charge on any atom is -0.374 e. The minimum absolute atomic E-state index is 0.211. The summed E-state index contributed by atoms with van der Waals surface area (Å²) in [5.41, 5.74) is 0. The Hall–Kier alpha value is -0.420. The Balaban J connectivity index is 2.36. The number of rotatable bonds is 4. The molecule has 0 amide bonds. The largest absolute Gasteiger partial charge is 0.374 e. The number of aromatic nitrogens is 3. The van der Waals surface area contributed by atoms with Crippen molar-refractivity contribution in [2.45, 2.75) is 64.6 Å². The second-order valence-electron chi connectivity index (χ2n) is 6.04. The van der Waals surface area contributed by atoms with Crippen LogP contribution >= 0.6 is 15.9 Å². The fraction of sp³-hybridized carbons (Fsp3) is 0.857. The van der Waals surface area contributed by atoms with E-state index in [1.54, 1.807) is 0 Å². The van der Waals surface area contributed by atoms with Crippen molar-refractivity contribution in [3.8, 4) is 0 Å². The molecule has 0 saturated carbocycles. The molecule has 0 aromatic carbocycles. The summed E-state index contributed by atoms with van der Waals surface area (Å²) in [7, 11) is 0. The van der Waals surface area contributed by atoms with Gasteiger partial charge in [0, 0.05) is 6.54 Å². The Bertz CT molecular complexity index is 432. The van der Waals surface area contributed by atoms with Crippen LogP contribution in [0, 0.1) is 11.8 Å². The normalized spacial score (nSPS) is 31.3. The van der Waals surface area contributed by atoms with Crippen LogP contribution in [-0.2, 0) is 16.6 Å². The van der Waals surface area contributed by atoms with Gasteiger partial charge in [-0.3, -0.25) is 0 Å². The maximum absolute atomic E-state index is 5.95. The van der Waals surface area contributed by atoms with Gasteiger partial charge < -0.3 is 9.30 Å². The fourth-order valence-corrected chi connectivity index (χ4v) is 3.39. The molecule has 1 aromatic heterocycles. The molecule has 4 unspecified atom stereocenters. The van der Waals surface area contributed by atoms with Gasteiger partial charge in [0.05, 0.1) is 23.5 Å². The Morgan fingerprint density at radius 1 is 1.21 bits per heavy atom. The molecule has 0 spiro atoms. The quantitative estimate of drug-likeness (QED) is 0.795. The number of hydrogen-bond donors (Lipinski definition) is 0. The van der Waals surface area contributed by atoms with Crippen LogP contribution in [0.4, 0.5) is 0 Å². The van der Waals surface area contributed by atoms with Crippen LogP contribution in [0.5, 0.6) is 0 Å². The Morgan fingerprint density at radius 2 is 1.89 bits per heavy atom. The average molecular weight is 330 g/mol. The lowest BCUT2D eigenvalue weighted by atomic mass is 9.88. The van der Waals surface area contributed by atoms with E-state index in [1.807, 2.05) is 0 Å². The summed E-state index contributed by atoms with van der Waals surface area (Å²) in [5.74, 6) is 3.51.